The van der Waals surface area contributed by atoms with Crippen LogP contribution in [0.25, 0.3) is 0 Å². The van der Waals surface area contributed by atoms with Crippen molar-refractivity contribution >= 4 is 17.5 Å². The SMILES string of the molecule is O=C(Nc1cccc(F)c1)C1CCCN1C(=O)c1cccc(F)c1. The van der Waals surface area contributed by atoms with E-state index < -0.39 is 17.7 Å². The molecule has 3 rings (SSSR count). The third kappa shape index (κ3) is 3.42. The molecule has 0 aromatic heterocycles. The first-order chi connectivity index (χ1) is 11.5. The average molecular weight is 330 g/mol. The monoisotopic (exact) mass is 330 g/mol. The first-order valence-electron chi connectivity index (χ1n) is 7.67. The minimum absolute atomic E-state index is 0.209. The molecule has 0 saturated carbocycles. The molecular weight excluding hydrogens is 314 g/mol. The highest BCUT2D eigenvalue weighted by atomic mass is 19.1. The number of benzene rings is 2. The summed E-state index contributed by atoms with van der Waals surface area (Å²) >= 11 is 0. The van der Waals surface area contributed by atoms with Crippen LogP contribution in [0.5, 0.6) is 0 Å². The highest BCUT2D eigenvalue weighted by Crippen LogP contribution is 2.22. The molecule has 24 heavy (non-hydrogen) atoms. The summed E-state index contributed by atoms with van der Waals surface area (Å²) in [7, 11) is 0. The van der Waals surface area contributed by atoms with Gasteiger partial charge in [-0.2, -0.15) is 0 Å². The zero-order valence-electron chi connectivity index (χ0n) is 12.8. The topological polar surface area (TPSA) is 49.4 Å². The summed E-state index contributed by atoms with van der Waals surface area (Å²) in [5.41, 5.74) is 0.547. The molecule has 2 aromatic carbocycles. The van der Waals surface area contributed by atoms with Crippen LogP contribution >= 0.6 is 0 Å². The predicted octanol–water partition coefficient (Wildman–Crippen LogP) is 3.21. The zero-order valence-corrected chi connectivity index (χ0v) is 12.8. The van der Waals surface area contributed by atoms with E-state index in [0.717, 1.165) is 6.07 Å². The van der Waals surface area contributed by atoms with Crippen LogP contribution in [0.4, 0.5) is 14.5 Å². The number of anilines is 1. The first kappa shape index (κ1) is 16.1. The summed E-state index contributed by atoms with van der Waals surface area (Å²) in [4.78, 5) is 26.4. The van der Waals surface area contributed by atoms with Crippen LogP contribution in [0.15, 0.2) is 48.5 Å². The van der Waals surface area contributed by atoms with Gasteiger partial charge in [-0.3, -0.25) is 9.59 Å². The van der Waals surface area contributed by atoms with Gasteiger partial charge in [0, 0.05) is 17.8 Å². The Morgan fingerprint density at radius 1 is 1.04 bits per heavy atom. The molecule has 0 bridgehead atoms. The van der Waals surface area contributed by atoms with Crippen LogP contribution in [0.3, 0.4) is 0 Å². The van der Waals surface area contributed by atoms with Crippen molar-refractivity contribution in [1.29, 1.82) is 0 Å². The van der Waals surface area contributed by atoms with Gasteiger partial charge < -0.3 is 10.2 Å². The Bertz CT molecular complexity index is 779. The van der Waals surface area contributed by atoms with E-state index in [0.29, 0.717) is 25.1 Å². The highest BCUT2D eigenvalue weighted by molar-refractivity contribution is 6.01. The Kier molecular flexibility index (Phi) is 4.55. The largest absolute Gasteiger partial charge is 0.327 e. The van der Waals surface area contributed by atoms with E-state index in [1.165, 1.54) is 41.3 Å². The minimum atomic E-state index is -0.649. The Morgan fingerprint density at radius 3 is 2.46 bits per heavy atom. The number of carbonyl (C=O) groups excluding carboxylic acids is 2. The molecule has 1 fully saturated rings. The molecule has 0 radical (unpaired) electrons. The van der Waals surface area contributed by atoms with E-state index in [2.05, 4.69) is 5.32 Å². The number of halogens is 2. The maximum Gasteiger partial charge on any atom is 0.254 e. The fourth-order valence-electron chi connectivity index (χ4n) is 2.86. The van der Waals surface area contributed by atoms with E-state index in [4.69, 9.17) is 0 Å². The summed E-state index contributed by atoms with van der Waals surface area (Å²) in [5.74, 6) is -1.71. The zero-order chi connectivity index (χ0) is 17.1. The van der Waals surface area contributed by atoms with E-state index in [9.17, 15) is 18.4 Å². The lowest BCUT2D eigenvalue weighted by Gasteiger charge is -2.24. The number of hydrogen-bond acceptors (Lipinski definition) is 2. The molecular formula is C18H16F2N2O2. The maximum atomic E-state index is 13.3. The molecule has 1 saturated heterocycles. The van der Waals surface area contributed by atoms with Crippen LogP contribution in [0.2, 0.25) is 0 Å². The van der Waals surface area contributed by atoms with Gasteiger partial charge in [0.2, 0.25) is 5.91 Å². The molecule has 1 aliphatic rings. The molecule has 1 N–H and O–H groups in total. The molecule has 0 aliphatic carbocycles. The Hall–Kier alpha value is -2.76. The van der Waals surface area contributed by atoms with Crippen molar-refractivity contribution in [1.82, 2.24) is 4.90 Å². The lowest BCUT2D eigenvalue weighted by molar-refractivity contribution is -0.119. The maximum absolute atomic E-state index is 13.3. The number of nitrogens with one attached hydrogen (secondary N) is 1. The molecule has 6 heteroatoms. The Labute approximate surface area is 138 Å². The van der Waals surface area contributed by atoms with Gasteiger partial charge in [-0.05, 0) is 49.2 Å². The number of carbonyl (C=O) groups is 2. The van der Waals surface area contributed by atoms with Crippen molar-refractivity contribution in [2.75, 3.05) is 11.9 Å². The molecule has 1 atom stereocenters. The number of amides is 2. The third-order valence-corrected chi connectivity index (χ3v) is 3.98. The molecule has 0 spiro atoms. The van der Waals surface area contributed by atoms with Crippen LogP contribution in [-0.4, -0.2) is 29.3 Å². The van der Waals surface area contributed by atoms with E-state index in [1.54, 1.807) is 6.07 Å². The van der Waals surface area contributed by atoms with Crippen molar-refractivity contribution in [2.45, 2.75) is 18.9 Å². The smallest absolute Gasteiger partial charge is 0.254 e. The predicted molar refractivity (Wildman–Crippen MR) is 85.5 cm³/mol. The van der Waals surface area contributed by atoms with Crippen molar-refractivity contribution in [3.05, 3.63) is 65.7 Å². The summed E-state index contributed by atoms with van der Waals surface area (Å²) in [6.07, 6.45) is 1.20. The average Bonchev–Trinajstić information content (AvgIpc) is 3.04. The normalized spacial score (nSPS) is 16.9. The first-order valence-corrected chi connectivity index (χ1v) is 7.67. The lowest BCUT2D eigenvalue weighted by atomic mass is 10.1. The van der Waals surface area contributed by atoms with Crippen molar-refractivity contribution in [3.63, 3.8) is 0 Å². The quantitative estimate of drug-likeness (QED) is 0.939. The van der Waals surface area contributed by atoms with Gasteiger partial charge in [0.05, 0.1) is 0 Å². The molecule has 1 heterocycles. The molecule has 2 aromatic rings. The second-order valence-electron chi connectivity index (χ2n) is 5.67. The van der Waals surface area contributed by atoms with Gasteiger partial charge in [-0.25, -0.2) is 8.78 Å². The van der Waals surface area contributed by atoms with E-state index >= 15 is 0 Å². The molecule has 4 nitrogen and oxygen atoms in total. The van der Waals surface area contributed by atoms with Crippen LogP contribution in [-0.2, 0) is 4.79 Å². The molecule has 2 amide bonds. The van der Waals surface area contributed by atoms with Gasteiger partial charge in [-0.15, -0.1) is 0 Å². The van der Waals surface area contributed by atoms with Gasteiger partial charge in [0.25, 0.3) is 5.91 Å². The van der Waals surface area contributed by atoms with E-state index in [1.807, 2.05) is 0 Å². The molecule has 1 aliphatic heterocycles. The van der Waals surface area contributed by atoms with Gasteiger partial charge in [0.15, 0.2) is 0 Å². The van der Waals surface area contributed by atoms with Crippen LogP contribution in [0, 0.1) is 11.6 Å². The summed E-state index contributed by atoms with van der Waals surface area (Å²) in [5, 5.41) is 2.63. The lowest BCUT2D eigenvalue weighted by Crippen LogP contribution is -2.43. The third-order valence-electron chi connectivity index (χ3n) is 3.98. The Morgan fingerprint density at radius 2 is 1.75 bits per heavy atom. The number of hydrogen-bond donors (Lipinski definition) is 1. The Balaban J connectivity index is 1.75. The molecule has 124 valence electrons. The van der Waals surface area contributed by atoms with Crippen molar-refractivity contribution in [2.24, 2.45) is 0 Å². The fourth-order valence-corrected chi connectivity index (χ4v) is 2.86. The van der Waals surface area contributed by atoms with Crippen molar-refractivity contribution < 1.29 is 18.4 Å². The van der Waals surface area contributed by atoms with Crippen LogP contribution < -0.4 is 5.32 Å². The number of rotatable bonds is 3. The van der Waals surface area contributed by atoms with E-state index in [-0.39, 0.29) is 17.4 Å². The second-order valence-corrected chi connectivity index (χ2v) is 5.67. The second kappa shape index (κ2) is 6.78. The van der Waals surface area contributed by atoms with Gasteiger partial charge in [-0.1, -0.05) is 12.1 Å². The molecule has 1 unspecified atom stereocenters. The summed E-state index contributed by atoms with van der Waals surface area (Å²) in [6.45, 7) is 0.427. The minimum Gasteiger partial charge on any atom is -0.327 e. The number of likely N-dealkylation sites (tertiary alicyclic amines) is 1. The summed E-state index contributed by atoms with van der Waals surface area (Å²) in [6, 6.07) is 10.3. The fraction of sp³-hybridized carbons (Fsp3) is 0.222. The highest BCUT2D eigenvalue weighted by Gasteiger charge is 2.34. The van der Waals surface area contributed by atoms with Crippen LogP contribution in [0.1, 0.15) is 23.2 Å². The van der Waals surface area contributed by atoms with Crippen molar-refractivity contribution in [3.8, 4) is 0 Å². The van der Waals surface area contributed by atoms with Gasteiger partial charge in [0.1, 0.15) is 17.7 Å². The summed E-state index contributed by atoms with van der Waals surface area (Å²) < 4.78 is 26.5. The van der Waals surface area contributed by atoms with Gasteiger partial charge >= 0.3 is 0 Å². The standard InChI is InChI=1S/C18H16F2N2O2/c19-13-5-1-4-12(10-13)18(24)22-9-3-8-16(22)17(23)21-15-7-2-6-14(20)11-15/h1-2,4-7,10-11,16H,3,8-9H2,(H,21,23). The number of nitrogens with zero attached hydrogens (tertiary/aromatic N) is 1.